The summed E-state index contributed by atoms with van der Waals surface area (Å²) in [5.41, 5.74) is 6.21. The fraction of sp³-hybridized carbons (Fsp3) is 0.385. The topological polar surface area (TPSA) is 85.2 Å². The van der Waals surface area contributed by atoms with E-state index in [1.165, 1.54) is 12.1 Å². The first-order valence-electron chi connectivity index (χ1n) is 5.87. The average Bonchev–Trinajstić information content (AvgIpc) is 2.79. The lowest BCUT2D eigenvalue weighted by Crippen LogP contribution is -2.26. The van der Waals surface area contributed by atoms with E-state index in [-0.39, 0.29) is 11.2 Å². The van der Waals surface area contributed by atoms with Crippen LogP contribution in [0.15, 0.2) is 22.7 Å². The minimum Gasteiger partial charge on any atom is -0.505 e. The van der Waals surface area contributed by atoms with Gasteiger partial charge in [0.25, 0.3) is 0 Å². The van der Waals surface area contributed by atoms with E-state index in [1.54, 1.807) is 0 Å². The van der Waals surface area contributed by atoms with Crippen LogP contribution < -0.4 is 5.73 Å². The predicted octanol–water partition coefficient (Wildman–Crippen LogP) is 2.63. The molecule has 0 amide bonds. The molecule has 102 valence electrons. The van der Waals surface area contributed by atoms with Crippen LogP contribution in [0.5, 0.6) is 5.75 Å². The van der Waals surface area contributed by atoms with Crippen LogP contribution in [0.25, 0.3) is 11.4 Å². The molecular weight excluding hydrogens is 249 g/mol. The summed E-state index contributed by atoms with van der Waals surface area (Å²) in [7, 11) is 0. The van der Waals surface area contributed by atoms with Crippen molar-refractivity contribution >= 4 is 0 Å². The lowest BCUT2D eigenvalue weighted by Gasteiger charge is -2.23. The summed E-state index contributed by atoms with van der Waals surface area (Å²) >= 11 is 0. The van der Waals surface area contributed by atoms with Gasteiger partial charge in [0.05, 0.1) is 6.04 Å². The molecule has 0 aliphatic rings. The number of halogens is 1. The third-order valence-electron chi connectivity index (χ3n) is 2.85. The lowest BCUT2D eigenvalue weighted by atomic mass is 9.87. The van der Waals surface area contributed by atoms with Crippen LogP contribution in [0.1, 0.15) is 32.7 Å². The van der Waals surface area contributed by atoms with Gasteiger partial charge in [0.1, 0.15) is 0 Å². The molecule has 3 N–H and O–H groups in total. The van der Waals surface area contributed by atoms with Gasteiger partial charge in [0.2, 0.25) is 11.7 Å². The Morgan fingerprint density at radius 3 is 2.63 bits per heavy atom. The smallest absolute Gasteiger partial charge is 0.244 e. The van der Waals surface area contributed by atoms with Crippen molar-refractivity contribution in [1.82, 2.24) is 10.1 Å². The number of aromatic nitrogens is 2. The zero-order valence-corrected chi connectivity index (χ0v) is 11.0. The van der Waals surface area contributed by atoms with Crippen molar-refractivity contribution in [2.24, 2.45) is 11.1 Å². The monoisotopic (exact) mass is 265 g/mol. The molecule has 0 aliphatic carbocycles. The molecule has 0 aliphatic heterocycles. The van der Waals surface area contributed by atoms with Crippen LogP contribution in [0.4, 0.5) is 4.39 Å². The van der Waals surface area contributed by atoms with Gasteiger partial charge in [-0.15, -0.1) is 0 Å². The molecule has 0 saturated carbocycles. The van der Waals surface area contributed by atoms with Crippen molar-refractivity contribution in [3.05, 3.63) is 29.9 Å². The molecule has 2 rings (SSSR count). The van der Waals surface area contributed by atoms with Crippen molar-refractivity contribution in [2.75, 3.05) is 0 Å². The summed E-state index contributed by atoms with van der Waals surface area (Å²) in [6.07, 6.45) is 0. The summed E-state index contributed by atoms with van der Waals surface area (Å²) in [5.74, 6) is -0.604. The number of rotatable bonds is 2. The van der Waals surface area contributed by atoms with Gasteiger partial charge in [-0.3, -0.25) is 0 Å². The van der Waals surface area contributed by atoms with E-state index in [1.807, 2.05) is 20.8 Å². The van der Waals surface area contributed by atoms with Crippen LogP contribution in [-0.2, 0) is 0 Å². The highest BCUT2D eigenvalue weighted by Gasteiger charge is 2.27. The maximum Gasteiger partial charge on any atom is 0.244 e. The molecule has 1 aromatic heterocycles. The van der Waals surface area contributed by atoms with Gasteiger partial charge in [-0.05, 0) is 23.6 Å². The van der Waals surface area contributed by atoms with Gasteiger partial charge in [0, 0.05) is 5.56 Å². The number of nitrogens with two attached hydrogens (primary N) is 1. The molecule has 1 aromatic carbocycles. The highest BCUT2D eigenvalue weighted by atomic mass is 19.1. The first kappa shape index (κ1) is 13.5. The molecule has 1 unspecified atom stereocenters. The lowest BCUT2D eigenvalue weighted by molar-refractivity contribution is 0.253. The predicted molar refractivity (Wildman–Crippen MR) is 67.7 cm³/mol. The van der Waals surface area contributed by atoms with E-state index < -0.39 is 17.6 Å². The summed E-state index contributed by atoms with van der Waals surface area (Å²) in [6.45, 7) is 5.88. The Labute approximate surface area is 110 Å². The SMILES string of the molecule is CC(C)(C)C(N)c1nc(-c2ccc(O)c(F)c2)no1. The van der Waals surface area contributed by atoms with Crippen LogP contribution in [0, 0.1) is 11.2 Å². The highest BCUT2D eigenvalue weighted by Crippen LogP contribution is 2.31. The minimum atomic E-state index is -0.732. The number of nitrogens with zero attached hydrogens (tertiary/aromatic N) is 2. The summed E-state index contributed by atoms with van der Waals surface area (Å²) in [5, 5.41) is 12.9. The summed E-state index contributed by atoms with van der Waals surface area (Å²) in [4.78, 5) is 4.17. The van der Waals surface area contributed by atoms with E-state index in [0.29, 0.717) is 11.5 Å². The molecule has 1 atom stereocenters. The quantitative estimate of drug-likeness (QED) is 0.871. The third-order valence-corrected chi connectivity index (χ3v) is 2.85. The zero-order chi connectivity index (χ0) is 14.2. The largest absolute Gasteiger partial charge is 0.505 e. The number of phenolic OH excluding ortho intramolecular Hbond substituents is 1. The third kappa shape index (κ3) is 2.73. The van der Waals surface area contributed by atoms with Gasteiger partial charge in [-0.2, -0.15) is 4.98 Å². The van der Waals surface area contributed by atoms with Gasteiger partial charge in [-0.1, -0.05) is 25.9 Å². The van der Waals surface area contributed by atoms with Crippen LogP contribution in [0.2, 0.25) is 0 Å². The summed E-state index contributed by atoms with van der Waals surface area (Å²) in [6, 6.07) is 3.49. The van der Waals surface area contributed by atoms with E-state index in [2.05, 4.69) is 10.1 Å². The molecule has 0 fully saturated rings. The van der Waals surface area contributed by atoms with Gasteiger partial charge in [0.15, 0.2) is 11.6 Å². The molecule has 6 heteroatoms. The number of phenols is 1. The Balaban J connectivity index is 2.33. The van der Waals surface area contributed by atoms with Crippen molar-refractivity contribution in [3.8, 4) is 17.1 Å². The normalized spacial score (nSPS) is 13.5. The standard InChI is InChI=1S/C13H16FN3O2/c1-13(2,3)10(15)12-16-11(17-19-12)7-4-5-9(18)8(14)6-7/h4-6,10,18H,15H2,1-3H3. The summed E-state index contributed by atoms with van der Waals surface area (Å²) < 4.78 is 18.4. The van der Waals surface area contributed by atoms with Gasteiger partial charge < -0.3 is 15.4 Å². The molecule has 0 bridgehead atoms. The van der Waals surface area contributed by atoms with Gasteiger partial charge >= 0.3 is 0 Å². The average molecular weight is 265 g/mol. The zero-order valence-electron chi connectivity index (χ0n) is 11.0. The van der Waals surface area contributed by atoms with E-state index in [0.717, 1.165) is 6.07 Å². The van der Waals surface area contributed by atoms with Crippen molar-refractivity contribution < 1.29 is 14.0 Å². The number of hydrogen-bond acceptors (Lipinski definition) is 5. The Kier molecular flexibility index (Phi) is 3.28. The number of hydrogen-bond donors (Lipinski definition) is 2. The van der Waals surface area contributed by atoms with Crippen LogP contribution in [-0.4, -0.2) is 15.2 Å². The first-order chi connectivity index (χ1) is 8.79. The minimum absolute atomic E-state index is 0.218. The maximum atomic E-state index is 13.3. The fourth-order valence-corrected chi connectivity index (χ4v) is 1.50. The first-order valence-corrected chi connectivity index (χ1v) is 5.87. The number of aromatic hydroxyl groups is 1. The van der Waals surface area contributed by atoms with Crippen LogP contribution >= 0.6 is 0 Å². The highest BCUT2D eigenvalue weighted by molar-refractivity contribution is 5.55. The molecule has 0 saturated heterocycles. The Bertz CT molecular complexity index is 590. The van der Waals surface area contributed by atoms with Gasteiger partial charge in [-0.25, -0.2) is 4.39 Å². The molecule has 19 heavy (non-hydrogen) atoms. The Morgan fingerprint density at radius 1 is 1.37 bits per heavy atom. The molecule has 0 radical (unpaired) electrons. The van der Waals surface area contributed by atoms with Crippen molar-refractivity contribution in [2.45, 2.75) is 26.8 Å². The van der Waals surface area contributed by atoms with Crippen molar-refractivity contribution in [3.63, 3.8) is 0 Å². The molecule has 0 spiro atoms. The second-order valence-electron chi connectivity index (χ2n) is 5.47. The fourth-order valence-electron chi connectivity index (χ4n) is 1.50. The van der Waals surface area contributed by atoms with E-state index >= 15 is 0 Å². The molecular formula is C13H16FN3O2. The molecule has 5 nitrogen and oxygen atoms in total. The maximum absolute atomic E-state index is 13.3. The second kappa shape index (κ2) is 4.62. The second-order valence-corrected chi connectivity index (χ2v) is 5.47. The number of benzene rings is 1. The van der Waals surface area contributed by atoms with E-state index in [4.69, 9.17) is 15.4 Å². The van der Waals surface area contributed by atoms with E-state index in [9.17, 15) is 4.39 Å². The Hall–Kier alpha value is -1.95. The molecule has 2 aromatic rings. The Morgan fingerprint density at radius 2 is 2.05 bits per heavy atom. The van der Waals surface area contributed by atoms with Crippen LogP contribution in [0.3, 0.4) is 0 Å². The molecule has 1 heterocycles. The van der Waals surface area contributed by atoms with Crippen molar-refractivity contribution in [1.29, 1.82) is 0 Å².